The Morgan fingerprint density at radius 2 is 1.52 bits per heavy atom. The van der Waals surface area contributed by atoms with Gasteiger partial charge in [0.2, 0.25) is 0 Å². The maximum absolute atomic E-state index is 12.7. The summed E-state index contributed by atoms with van der Waals surface area (Å²) in [5.41, 5.74) is 0.982. The van der Waals surface area contributed by atoms with E-state index in [9.17, 15) is 9.59 Å². The van der Waals surface area contributed by atoms with Crippen LogP contribution in [0.1, 0.15) is 73.1 Å². The smallest absolute Gasteiger partial charge is 0.262 e. The van der Waals surface area contributed by atoms with E-state index >= 15 is 0 Å². The molecule has 2 amide bonds. The third kappa shape index (κ3) is 4.05. The van der Waals surface area contributed by atoms with Crippen molar-refractivity contribution < 1.29 is 9.59 Å². The van der Waals surface area contributed by atoms with Gasteiger partial charge in [-0.15, -0.1) is 0 Å². The third-order valence-electron chi connectivity index (χ3n) is 4.51. The minimum atomic E-state index is -0.176. The fourth-order valence-corrected chi connectivity index (χ4v) is 4.04. The highest BCUT2D eigenvalue weighted by molar-refractivity contribution is 9.11. The molecule has 1 unspecified atom stereocenters. The average molecular weight is 445 g/mol. The Morgan fingerprint density at radius 1 is 0.957 bits per heavy atom. The number of halogens is 2. The van der Waals surface area contributed by atoms with Crippen LogP contribution in [0.25, 0.3) is 0 Å². The van der Waals surface area contributed by atoms with Gasteiger partial charge in [0, 0.05) is 15.5 Å². The molecular weight excluding hydrogens is 422 g/mol. The van der Waals surface area contributed by atoms with Crippen molar-refractivity contribution in [2.45, 2.75) is 52.4 Å². The van der Waals surface area contributed by atoms with Crippen LogP contribution in [0.3, 0.4) is 0 Å². The summed E-state index contributed by atoms with van der Waals surface area (Å²) in [5.74, 6) is 0.0296. The fraction of sp³-hybridized carbons (Fsp3) is 0.556. The zero-order chi connectivity index (χ0) is 17.0. The van der Waals surface area contributed by atoms with Gasteiger partial charge in [0.05, 0.1) is 11.1 Å². The van der Waals surface area contributed by atoms with Crippen molar-refractivity contribution in [2.24, 2.45) is 5.92 Å². The van der Waals surface area contributed by atoms with E-state index in [0.717, 1.165) is 12.8 Å². The molecule has 0 radical (unpaired) electrons. The van der Waals surface area contributed by atoms with Crippen molar-refractivity contribution in [1.29, 1.82) is 0 Å². The number of carbonyl (C=O) groups excluding carboxylic acids is 2. The van der Waals surface area contributed by atoms with E-state index in [4.69, 9.17) is 0 Å². The van der Waals surface area contributed by atoms with E-state index in [1.807, 2.05) is 0 Å². The van der Waals surface area contributed by atoms with Gasteiger partial charge in [-0.25, -0.2) is 0 Å². The van der Waals surface area contributed by atoms with Crippen LogP contribution < -0.4 is 0 Å². The van der Waals surface area contributed by atoms with Gasteiger partial charge in [0.25, 0.3) is 11.8 Å². The summed E-state index contributed by atoms with van der Waals surface area (Å²) in [5, 5.41) is 0. The lowest BCUT2D eigenvalue weighted by Gasteiger charge is -2.21. The zero-order valence-electron chi connectivity index (χ0n) is 13.7. The molecule has 0 N–H and O–H groups in total. The second kappa shape index (κ2) is 8.43. The number of fused-ring (bicyclic) bond motifs is 1. The summed E-state index contributed by atoms with van der Waals surface area (Å²) in [6.07, 6.45) is 6.93. The van der Waals surface area contributed by atoms with E-state index in [1.54, 1.807) is 12.1 Å². The number of hydrogen-bond donors (Lipinski definition) is 0. The Bertz CT molecular complexity index is 560. The Morgan fingerprint density at radius 3 is 2.00 bits per heavy atom. The maximum Gasteiger partial charge on any atom is 0.262 e. The van der Waals surface area contributed by atoms with Gasteiger partial charge in [-0.1, -0.05) is 46.0 Å². The molecule has 1 atom stereocenters. The summed E-state index contributed by atoms with van der Waals surface area (Å²) < 4.78 is 1.38. The molecule has 23 heavy (non-hydrogen) atoms. The second-order valence-electron chi connectivity index (χ2n) is 6.12. The molecule has 0 bridgehead atoms. The molecule has 126 valence electrons. The molecule has 3 nitrogen and oxygen atoms in total. The van der Waals surface area contributed by atoms with E-state index in [1.165, 1.54) is 30.6 Å². The maximum atomic E-state index is 12.7. The van der Waals surface area contributed by atoms with Gasteiger partial charge in [0.1, 0.15) is 0 Å². The van der Waals surface area contributed by atoms with E-state index in [2.05, 4.69) is 45.7 Å². The number of nitrogens with zero attached hydrogens (tertiary/aromatic N) is 1. The number of benzene rings is 1. The molecule has 1 heterocycles. The largest absolute Gasteiger partial charge is 0.274 e. The normalized spacial score (nSPS) is 15.2. The predicted octanol–water partition coefficient (Wildman–Crippen LogP) is 5.80. The number of rotatable bonds is 8. The zero-order valence-corrected chi connectivity index (χ0v) is 16.9. The molecule has 1 aliphatic heterocycles. The van der Waals surface area contributed by atoms with E-state index in [0.29, 0.717) is 32.5 Å². The molecule has 0 saturated heterocycles. The van der Waals surface area contributed by atoms with Crippen molar-refractivity contribution in [3.05, 3.63) is 32.2 Å². The summed E-state index contributed by atoms with van der Waals surface area (Å²) in [7, 11) is 0. The second-order valence-corrected chi connectivity index (χ2v) is 7.83. The lowest BCUT2D eigenvalue weighted by molar-refractivity contribution is 0.0623. The van der Waals surface area contributed by atoms with Crippen molar-refractivity contribution >= 4 is 43.7 Å². The van der Waals surface area contributed by atoms with Crippen molar-refractivity contribution in [2.75, 3.05) is 6.54 Å². The minimum Gasteiger partial charge on any atom is -0.274 e. The quantitative estimate of drug-likeness (QED) is 0.375. The Hall–Kier alpha value is -0.680. The predicted molar refractivity (Wildman–Crippen MR) is 99.7 cm³/mol. The van der Waals surface area contributed by atoms with Crippen LogP contribution in [-0.2, 0) is 0 Å². The van der Waals surface area contributed by atoms with Crippen LogP contribution in [0.15, 0.2) is 21.1 Å². The number of amides is 2. The van der Waals surface area contributed by atoms with Gasteiger partial charge in [-0.05, 0) is 56.3 Å². The van der Waals surface area contributed by atoms with Crippen molar-refractivity contribution in [3.8, 4) is 0 Å². The first kappa shape index (κ1) is 18.7. The van der Waals surface area contributed by atoms with Crippen LogP contribution in [0.5, 0.6) is 0 Å². The first-order valence-electron chi connectivity index (χ1n) is 8.35. The molecule has 2 rings (SSSR count). The van der Waals surface area contributed by atoms with Crippen LogP contribution in [0, 0.1) is 5.92 Å². The van der Waals surface area contributed by atoms with Crippen molar-refractivity contribution in [1.82, 2.24) is 4.90 Å². The van der Waals surface area contributed by atoms with Crippen LogP contribution >= 0.6 is 31.9 Å². The fourth-order valence-electron chi connectivity index (χ4n) is 3.04. The highest BCUT2D eigenvalue weighted by Crippen LogP contribution is 2.35. The first-order valence-corrected chi connectivity index (χ1v) is 9.94. The highest BCUT2D eigenvalue weighted by atomic mass is 79.9. The number of carbonyl (C=O) groups is 2. The third-order valence-corrected chi connectivity index (χ3v) is 5.83. The lowest BCUT2D eigenvalue weighted by Crippen LogP contribution is -2.34. The van der Waals surface area contributed by atoms with Crippen LogP contribution in [0.2, 0.25) is 0 Å². The standard InChI is InChI=1S/C18H23Br2NO2/c1-3-5-6-7-8-12(4-2)11-21-17(22)15-13(19)9-10-14(20)16(15)18(21)23/h9-10,12H,3-8,11H2,1-2H3. The summed E-state index contributed by atoms with van der Waals surface area (Å²) in [6, 6.07) is 3.61. The molecule has 1 aromatic carbocycles. The summed E-state index contributed by atoms with van der Waals surface area (Å²) in [4.78, 5) is 26.7. The lowest BCUT2D eigenvalue weighted by atomic mass is 9.97. The molecule has 1 aliphatic rings. The van der Waals surface area contributed by atoms with E-state index < -0.39 is 0 Å². The van der Waals surface area contributed by atoms with Crippen LogP contribution in [0.4, 0.5) is 0 Å². The summed E-state index contributed by atoms with van der Waals surface area (Å²) in [6.45, 7) is 4.86. The number of hydrogen-bond acceptors (Lipinski definition) is 2. The molecular formula is C18H23Br2NO2. The first-order chi connectivity index (χ1) is 11.0. The average Bonchev–Trinajstić information content (AvgIpc) is 2.79. The summed E-state index contributed by atoms with van der Waals surface area (Å²) >= 11 is 6.80. The Labute approximate surface area is 155 Å². The highest BCUT2D eigenvalue weighted by Gasteiger charge is 2.39. The SMILES string of the molecule is CCCCCCC(CC)CN1C(=O)c2c(Br)ccc(Br)c2C1=O. The molecule has 1 aromatic rings. The van der Waals surface area contributed by atoms with Gasteiger partial charge in [0.15, 0.2) is 0 Å². The molecule has 0 aliphatic carbocycles. The molecule has 0 fully saturated rings. The van der Waals surface area contributed by atoms with E-state index in [-0.39, 0.29) is 11.8 Å². The van der Waals surface area contributed by atoms with Gasteiger partial charge in [-0.3, -0.25) is 14.5 Å². The number of unbranched alkanes of at least 4 members (excludes halogenated alkanes) is 3. The van der Waals surface area contributed by atoms with Gasteiger partial charge >= 0.3 is 0 Å². The molecule has 0 aromatic heterocycles. The number of imide groups is 1. The van der Waals surface area contributed by atoms with Gasteiger partial charge in [-0.2, -0.15) is 0 Å². The molecule has 5 heteroatoms. The molecule has 0 spiro atoms. The monoisotopic (exact) mass is 443 g/mol. The topological polar surface area (TPSA) is 37.4 Å². The Balaban J connectivity index is 2.10. The van der Waals surface area contributed by atoms with Crippen LogP contribution in [-0.4, -0.2) is 23.3 Å². The molecule has 0 saturated carbocycles. The van der Waals surface area contributed by atoms with Gasteiger partial charge < -0.3 is 0 Å². The van der Waals surface area contributed by atoms with Crippen molar-refractivity contribution in [3.63, 3.8) is 0 Å². The Kier molecular flexibility index (Phi) is 6.84. The minimum absolute atomic E-state index is 0.176.